The molecule has 1 aliphatic rings. The molecule has 7 heteroatoms. The smallest absolute Gasteiger partial charge is 0.245 e. The summed E-state index contributed by atoms with van der Waals surface area (Å²) in [5, 5.41) is 8.95. The van der Waals surface area contributed by atoms with E-state index in [2.05, 4.69) is 29.8 Å². The minimum Gasteiger partial charge on any atom is -0.354 e. The van der Waals surface area contributed by atoms with Crippen LogP contribution in [0.2, 0.25) is 0 Å². The van der Waals surface area contributed by atoms with Gasteiger partial charge in [0.2, 0.25) is 17.7 Å². The van der Waals surface area contributed by atoms with Gasteiger partial charge in [-0.05, 0) is 62.6 Å². The van der Waals surface area contributed by atoms with Crippen LogP contribution < -0.4 is 16.0 Å². The number of rotatable bonds is 12. The number of hydrogen-bond acceptors (Lipinski definition) is 4. The van der Waals surface area contributed by atoms with Crippen LogP contribution in [0.3, 0.4) is 0 Å². The van der Waals surface area contributed by atoms with E-state index in [0.717, 1.165) is 17.5 Å². The Balaban J connectivity index is 1.73. The standard InChI is InChI=1S/C30H42N4O3/c1-21(2)25-19-27(29(36)32-18-17-24-13-9-6-10-14-24)34(20-25)30(37)26(33-28(35)22(3)31-4)16-15-23-11-7-5-8-12-23/h5-14,21-22,25-27,31H,15-20H2,1-4H3,(H,32,36)(H,33,35)/t22-,25-,26-,27-/m0/s1. The number of carbonyl (C=O) groups is 3. The first-order valence-electron chi connectivity index (χ1n) is 13.4. The number of aryl methyl sites for hydroxylation is 1. The topological polar surface area (TPSA) is 90.5 Å². The van der Waals surface area contributed by atoms with Crippen LogP contribution in [0.4, 0.5) is 0 Å². The third-order valence-electron chi connectivity index (χ3n) is 7.42. The van der Waals surface area contributed by atoms with Gasteiger partial charge in [0, 0.05) is 13.1 Å². The maximum atomic E-state index is 13.9. The van der Waals surface area contributed by atoms with E-state index in [-0.39, 0.29) is 23.6 Å². The monoisotopic (exact) mass is 506 g/mol. The molecule has 2 aromatic carbocycles. The van der Waals surface area contributed by atoms with Crippen molar-refractivity contribution in [3.63, 3.8) is 0 Å². The molecule has 1 heterocycles. The molecule has 1 saturated heterocycles. The average molecular weight is 507 g/mol. The van der Waals surface area contributed by atoms with Gasteiger partial charge in [-0.25, -0.2) is 0 Å². The molecule has 200 valence electrons. The Morgan fingerprint density at radius 3 is 2.08 bits per heavy atom. The second-order valence-corrected chi connectivity index (χ2v) is 10.4. The van der Waals surface area contributed by atoms with Crippen molar-refractivity contribution in [1.29, 1.82) is 0 Å². The van der Waals surface area contributed by atoms with E-state index in [1.165, 1.54) is 0 Å². The van der Waals surface area contributed by atoms with Gasteiger partial charge in [-0.2, -0.15) is 0 Å². The van der Waals surface area contributed by atoms with Gasteiger partial charge in [0.1, 0.15) is 12.1 Å². The molecule has 1 aliphatic heterocycles. The highest BCUT2D eigenvalue weighted by Crippen LogP contribution is 2.30. The zero-order chi connectivity index (χ0) is 26.8. The minimum atomic E-state index is -0.700. The fourth-order valence-electron chi connectivity index (χ4n) is 4.78. The molecule has 37 heavy (non-hydrogen) atoms. The maximum Gasteiger partial charge on any atom is 0.245 e. The van der Waals surface area contributed by atoms with Crippen LogP contribution in [-0.4, -0.2) is 60.9 Å². The van der Waals surface area contributed by atoms with Gasteiger partial charge >= 0.3 is 0 Å². The van der Waals surface area contributed by atoms with Crippen molar-refractivity contribution in [3.05, 3.63) is 71.8 Å². The molecule has 0 bridgehead atoms. The second-order valence-electron chi connectivity index (χ2n) is 10.4. The lowest BCUT2D eigenvalue weighted by Crippen LogP contribution is -2.55. The first kappa shape index (κ1) is 28.4. The molecule has 3 amide bonds. The van der Waals surface area contributed by atoms with Crippen LogP contribution in [0.1, 0.15) is 44.7 Å². The molecule has 2 aromatic rings. The number of nitrogens with zero attached hydrogens (tertiary/aromatic N) is 1. The molecule has 0 radical (unpaired) electrons. The van der Waals surface area contributed by atoms with Crippen LogP contribution in [0.5, 0.6) is 0 Å². The van der Waals surface area contributed by atoms with Gasteiger partial charge in [-0.1, -0.05) is 74.5 Å². The van der Waals surface area contributed by atoms with Crippen molar-refractivity contribution < 1.29 is 14.4 Å². The van der Waals surface area contributed by atoms with E-state index in [4.69, 9.17) is 0 Å². The molecular weight excluding hydrogens is 464 g/mol. The Labute approximate surface area is 221 Å². The van der Waals surface area contributed by atoms with Crippen molar-refractivity contribution in [2.24, 2.45) is 11.8 Å². The van der Waals surface area contributed by atoms with E-state index >= 15 is 0 Å². The number of nitrogens with one attached hydrogen (secondary N) is 3. The van der Waals surface area contributed by atoms with Gasteiger partial charge in [0.25, 0.3) is 0 Å². The SMILES string of the molecule is CN[C@@H](C)C(=O)N[C@@H](CCc1ccccc1)C(=O)N1C[C@@H](C(C)C)C[C@H]1C(=O)NCCc1ccccc1. The Morgan fingerprint density at radius 1 is 0.919 bits per heavy atom. The number of likely N-dealkylation sites (tertiary alicyclic amines) is 1. The largest absolute Gasteiger partial charge is 0.354 e. The van der Waals surface area contributed by atoms with Gasteiger partial charge < -0.3 is 20.9 Å². The van der Waals surface area contributed by atoms with Crippen molar-refractivity contribution in [2.75, 3.05) is 20.1 Å². The zero-order valence-electron chi connectivity index (χ0n) is 22.6. The summed E-state index contributed by atoms with van der Waals surface area (Å²) in [6.45, 7) is 7.06. The van der Waals surface area contributed by atoms with E-state index in [0.29, 0.717) is 38.3 Å². The van der Waals surface area contributed by atoms with Crippen LogP contribution in [0.15, 0.2) is 60.7 Å². The van der Waals surface area contributed by atoms with Crippen LogP contribution in [-0.2, 0) is 27.2 Å². The summed E-state index contributed by atoms with van der Waals surface area (Å²) in [7, 11) is 1.72. The lowest BCUT2D eigenvalue weighted by molar-refractivity contribution is -0.141. The molecule has 3 rings (SSSR count). The molecule has 0 aromatic heterocycles. The molecule has 4 atom stereocenters. The molecule has 0 aliphatic carbocycles. The third kappa shape index (κ3) is 8.15. The Morgan fingerprint density at radius 2 is 1.51 bits per heavy atom. The van der Waals surface area contributed by atoms with E-state index in [9.17, 15) is 14.4 Å². The minimum absolute atomic E-state index is 0.121. The van der Waals surface area contributed by atoms with Crippen molar-refractivity contribution in [2.45, 2.75) is 64.6 Å². The number of hydrogen-bond donors (Lipinski definition) is 3. The number of benzene rings is 2. The van der Waals surface area contributed by atoms with Gasteiger partial charge in [0.05, 0.1) is 6.04 Å². The Kier molecular flexibility index (Phi) is 10.7. The van der Waals surface area contributed by atoms with Crippen LogP contribution in [0.25, 0.3) is 0 Å². The summed E-state index contributed by atoms with van der Waals surface area (Å²) < 4.78 is 0. The summed E-state index contributed by atoms with van der Waals surface area (Å²) in [4.78, 5) is 41.7. The summed E-state index contributed by atoms with van der Waals surface area (Å²) >= 11 is 0. The lowest BCUT2D eigenvalue weighted by atomic mass is 9.93. The third-order valence-corrected chi connectivity index (χ3v) is 7.42. The predicted molar refractivity (Wildman–Crippen MR) is 147 cm³/mol. The number of likely N-dealkylation sites (N-methyl/N-ethyl adjacent to an activating group) is 1. The fourth-order valence-corrected chi connectivity index (χ4v) is 4.78. The highest BCUT2D eigenvalue weighted by atomic mass is 16.2. The molecule has 7 nitrogen and oxygen atoms in total. The highest BCUT2D eigenvalue weighted by Gasteiger charge is 2.42. The van der Waals surface area contributed by atoms with Crippen molar-refractivity contribution >= 4 is 17.7 Å². The summed E-state index contributed by atoms with van der Waals surface area (Å²) in [6, 6.07) is 18.3. The van der Waals surface area contributed by atoms with Crippen LogP contribution >= 0.6 is 0 Å². The number of carbonyl (C=O) groups excluding carboxylic acids is 3. The van der Waals surface area contributed by atoms with Crippen LogP contribution in [0, 0.1) is 11.8 Å². The molecule has 0 spiro atoms. The average Bonchev–Trinajstić information content (AvgIpc) is 3.37. The summed E-state index contributed by atoms with van der Waals surface area (Å²) in [5.74, 6) is 0.0510. The molecular formula is C30H42N4O3. The molecule has 0 unspecified atom stereocenters. The lowest BCUT2D eigenvalue weighted by Gasteiger charge is -2.29. The predicted octanol–water partition coefficient (Wildman–Crippen LogP) is 2.94. The van der Waals surface area contributed by atoms with E-state index < -0.39 is 18.1 Å². The highest BCUT2D eigenvalue weighted by molar-refractivity contribution is 5.93. The Hall–Kier alpha value is -3.19. The first-order chi connectivity index (χ1) is 17.8. The quantitative estimate of drug-likeness (QED) is 0.413. The second kappa shape index (κ2) is 13.9. The van der Waals surface area contributed by atoms with Gasteiger partial charge in [-0.3, -0.25) is 14.4 Å². The fraction of sp³-hybridized carbons (Fsp3) is 0.500. The summed E-state index contributed by atoms with van der Waals surface area (Å²) in [6.07, 6.45) is 2.49. The van der Waals surface area contributed by atoms with Gasteiger partial charge in [-0.15, -0.1) is 0 Å². The molecule has 0 saturated carbocycles. The summed E-state index contributed by atoms with van der Waals surface area (Å²) in [5.41, 5.74) is 2.26. The zero-order valence-corrected chi connectivity index (χ0v) is 22.6. The molecule has 1 fully saturated rings. The normalized spacial score (nSPS) is 18.9. The first-order valence-corrected chi connectivity index (χ1v) is 13.4. The van der Waals surface area contributed by atoms with Gasteiger partial charge in [0.15, 0.2) is 0 Å². The van der Waals surface area contributed by atoms with Crippen molar-refractivity contribution in [1.82, 2.24) is 20.9 Å². The number of amides is 3. The van der Waals surface area contributed by atoms with E-state index in [1.807, 2.05) is 60.7 Å². The van der Waals surface area contributed by atoms with E-state index in [1.54, 1.807) is 18.9 Å². The van der Waals surface area contributed by atoms with Crippen molar-refractivity contribution in [3.8, 4) is 0 Å². The Bertz CT molecular complexity index is 1010. The maximum absolute atomic E-state index is 13.9. The molecule has 3 N–H and O–H groups in total.